The maximum Gasteiger partial charge on any atom is 0.143 e. The molecule has 0 saturated carbocycles. The molecule has 1 aliphatic heterocycles. The summed E-state index contributed by atoms with van der Waals surface area (Å²) in [6.07, 6.45) is 2.39. The van der Waals surface area contributed by atoms with Crippen LogP contribution in [0, 0.1) is 5.92 Å². The van der Waals surface area contributed by atoms with Crippen molar-refractivity contribution in [2.75, 3.05) is 19.6 Å². The fourth-order valence-corrected chi connectivity index (χ4v) is 2.05. The third-order valence-electron chi connectivity index (χ3n) is 2.87. The van der Waals surface area contributed by atoms with Gasteiger partial charge in [-0.15, -0.1) is 0 Å². The minimum Gasteiger partial charge on any atom is -0.411 e. The van der Waals surface area contributed by atoms with Crippen molar-refractivity contribution in [2.24, 2.45) is 11.1 Å². The third kappa shape index (κ3) is 3.63. The minimum absolute atomic E-state index is 0.147. The zero-order chi connectivity index (χ0) is 11.3. The second-order valence-electron chi connectivity index (χ2n) is 4.26. The topological polar surface area (TPSA) is 52.9 Å². The number of ketones is 1. The molecule has 0 unspecified atom stereocenters. The van der Waals surface area contributed by atoms with Gasteiger partial charge in [0.05, 0.1) is 5.71 Å². The Labute approximate surface area is 90.9 Å². The molecule has 1 aliphatic rings. The van der Waals surface area contributed by atoms with Gasteiger partial charge in [0.1, 0.15) is 5.78 Å². The summed E-state index contributed by atoms with van der Waals surface area (Å²) < 4.78 is 0. The van der Waals surface area contributed by atoms with Crippen LogP contribution in [0.5, 0.6) is 0 Å². The van der Waals surface area contributed by atoms with Crippen molar-refractivity contribution >= 4 is 11.5 Å². The summed E-state index contributed by atoms with van der Waals surface area (Å²) in [5, 5.41) is 11.5. The van der Waals surface area contributed by atoms with E-state index in [1.807, 2.05) is 0 Å². The normalized spacial score (nSPS) is 23.3. The van der Waals surface area contributed by atoms with E-state index >= 15 is 0 Å². The number of oxime groups is 1. The molecule has 4 heteroatoms. The SMILES string of the molecule is CCCN1CC[C@H](C(=O)C/C(C)=N/O)C1. The Kier molecular flexibility index (Phi) is 4.75. The first kappa shape index (κ1) is 12.2. The molecule has 15 heavy (non-hydrogen) atoms. The minimum atomic E-state index is 0.147. The van der Waals surface area contributed by atoms with Crippen LogP contribution >= 0.6 is 0 Å². The molecule has 0 aromatic heterocycles. The van der Waals surface area contributed by atoms with E-state index in [4.69, 9.17) is 5.21 Å². The van der Waals surface area contributed by atoms with Gasteiger partial charge in [0.25, 0.3) is 0 Å². The van der Waals surface area contributed by atoms with Crippen LogP contribution in [0.3, 0.4) is 0 Å². The van der Waals surface area contributed by atoms with Crippen LogP contribution in [-0.2, 0) is 4.79 Å². The number of carbonyl (C=O) groups excluding carboxylic acids is 1. The van der Waals surface area contributed by atoms with E-state index in [2.05, 4.69) is 17.0 Å². The summed E-state index contributed by atoms with van der Waals surface area (Å²) in [5.41, 5.74) is 0.508. The summed E-state index contributed by atoms with van der Waals surface area (Å²) in [6, 6.07) is 0. The van der Waals surface area contributed by atoms with Crippen LogP contribution in [0.25, 0.3) is 0 Å². The molecule has 1 fully saturated rings. The van der Waals surface area contributed by atoms with E-state index in [0.717, 1.165) is 32.5 Å². The molecule has 0 aromatic rings. The van der Waals surface area contributed by atoms with E-state index in [1.54, 1.807) is 6.92 Å². The standard InChI is InChI=1S/C11H20N2O2/c1-3-5-13-6-4-10(8-13)11(14)7-9(2)12-15/h10,15H,3-8H2,1-2H3/b12-9+/t10-/m0/s1. The van der Waals surface area contributed by atoms with Gasteiger partial charge in [-0.1, -0.05) is 12.1 Å². The lowest BCUT2D eigenvalue weighted by Crippen LogP contribution is -2.24. The second kappa shape index (κ2) is 5.85. The third-order valence-corrected chi connectivity index (χ3v) is 2.87. The molecular weight excluding hydrogens is 192 g/mol. The predicted octanol–water partition coefficient (Wildman–Crippen LogP) is 1.53. The fourth-order valence-electron chi connectivity index (χ4n) is 2.05. The lowest BCUT2D eigenvalue weighted by molar-refractivity contribution is -0.121. The molecule has 1 rings (SSSR count). The highest BCUT2D eigenvalue weighted by Gasteiger charge is 2.27. The Morgan fingerprint density at radius 3 is 2.93 bits per heavy atom. The van der Waals surface area contributed by atoms with Gasteiger partial charge in [-0.2, -0.15) is 0 Å². The molecule has 0 aromatic carbocycles. The predicted molar refractivity (Wildman–Crippen MR) is 59.4 cm³/mol. The Hall–Kier alpha value is -0.900. The lowest BCUT2D eigenvalue weighted by atomic mass is 9.99. The van der Waals surface area contributed by atoms with Crippen LogP contribution in [0.4, 0.5) is 0 Å². The van der Waals surface area contributed by atoms with Gasteiger partial charge in [-0.25, -0.2) is 0 Å². The summed E-state index contributed by atoms with van der Waals surface area (Å²) in [6.45, 7) is 6.82. The number of Topliss-reactive ketones (excluding diaryl/α,β-unsaturated/α-hetero) is 1. The maximum absolute atomic E-state index is 11.7. The Balaban J connectivity index is 2.36. The molecule has 0 spiro atoms. The van der Waals surface area contributed by atoms with Crippen molar-refractivity contribution in [1.82, 2.24) is 4.90 Å². The Morgan fingerprint density at radius 1 is 1.60 bits per heavy atom. The lowest BCUT2D eigenvalue weighted by Gasteiger charge is -2.13. The molecule has 4 nitrogen and oxygen atoms in total. The highest BCUT2D eigenvalue weighted by molar-refractivity contribution is 6.01. The average molecular weight is 212 g/mol. The van der Waals surface area contributed by atoms with Crippen molar-refractivity contribution in [3.63, 3.8) is 0 Å². The van der Waals surface area contributed by atoms with Crippen LogP contribution < -0.4 is 0 Å². The first-order valence-electron chi connectivity index (χ1n) is 5.60. The zero-order valence-corrected chi connectivity index (χ0v) is 9.57. The van der Waals surface area contributed by atoms with Gasteiger partial charge in [-0.05, 0) is 32.9 Å². The second-order valence-corrected chi connectivity index (χ2v) is 4.26. The van der Waals surface area contributed by atoms with Crippen LogP contribution in [0.15, 0.2) is 5.16 Å². The van der Waals surface area contributed by atoms with Crippen molar-refractivity contribution in [3.05, 3.63) is 0 Å². The van der Waals surface area contributed by atoms with Crippen molar-refractivity contribution in [2.45, 2.75) is 33.1 Å². The van der Waals surface area contributed by atoms with E-state index in [1.165, 1.54) is 0 Å². The van der Waals surface area contributed by atoms with Gasteiger partial charge >= 0.3 is 0 Å². The van der Waals surface area contributed by atoms with Gasteiger partial charge in [0.15, 0.2) is 0 Å². The zero-order valence-electron chi connectivity index (χ0n) is 9.57. The molecule has 1 saturated heterocycles. The van der Waals surface area contributed by atoms with E-state index in [-0.39, 0.29) is 11.7 Å². The van der Waals surface area contributed by atoms with Crippen LogP contribution in [0.1, 0.15) is 33.1 Å². The molecule has 1 atom stereocenters. The van der Waals surface area contributed by atoms with Crippen molar-refractivity contribution < 1.29 is 10.0 Å². The van der Waals surface area contributed by atoms with Crippen LogP contribution in [0.2, 0.25) is 0 Å². The highest BCUT2D eigenvalue weighted by Crippen LogP contribution is 2.18. The maximum atomic E-state index is 11.7. The molecule has 1 heterocycles. The summed E-state index contributed by atoms with van der Waals surface area (Å²) >= 11 is 0. The first-order chi connectivity index (χ1) is 7.17. The quantitative estimate of drug-likeness (QED) is 0.427. The highest BCUT2D eigenvalue weighted by atomic mass is 16.4. The van der Waals surface area contributed by atoms with E-state index < -0.39 is 0 Å². The van der Waals surface area contributed by atoms with E-state index in [0.29, 0.717) is 12.1 Å². The molecule has 0 bridgehead atoms. The molecule has 0 amide bonds. The van der Waals surface area contributed by atoms with Crippen molar-refractivity contribution in [3.8, 4) is 0 Å². The largest absolute Gasteiger partial charge is 0.411 e. The number of hydrogen-bond acceptors (Lipinski definition) is 4. The molecule has 0 radical (unpaired) electrons. The van der Waals surface area contributed by atoms with Gasteiger partial charge in [-0.3, -0.25) is 4.79 Å². The first-order valence-corrected chi connectivity index (χ1v) is 5.60. The van der Waals surface area contributed by atoms with Gasteiger partial charge < -0.3 is 10.1 Å². The number of hydrogen-bond donors (Lipinski definition) is 1. The van der Waals surface area contributed by atoms with E-state index in [9.17, 15) is 4.79 Å². The van der Waals surface area contributed by atoms with Crippen molar-refractivity contribution in [1.29, 1.82) is 0 Å². The molecular formula is C11H20N2O2. The van der Waals surface area contributed by atoms with Gasteiger partial charge in [0.2, 0.25) is 0 Å². The Bertz CT molecular complexity index is 251. The molecule has 1 N–H and O–H groups in total. The average Bonchev–Trinajstić information content (AvgIpc) is 2.67. The number of nitrogens with zero attached hydrogens (tertiary/aromatic N) is 2. The molecule has 86 valence electrons. The Morgan fingerprint density at radius 2 is 2.33 bits per heavy atom. The number of rotatable bonds is 5. The number of carbonyl (C=O) groups is 1. The molecule has 0 aliphatic carbocycles. The summed E-state index contributed by atoms with van der Waals surface area (Å²) in [5.74, 6) is 0.358. The fraction of sp³-hybridized carbons (Fsp3) is 0.818. The monoisotopic (exact) mass is 212 g/mol. The van der Waals surface area contributed by atoms with Crippen LogP contribution in [-0.4, -0.2) is 41.2 Å². The summed E-state index contributed by atoms with van der Waals surface area (Å²) in [7, 11) is 0. The number of likely N-dealkylation sites (tertiary alicyclic amines) is 1. The summed E-state index contributed by atoms with van der Waals surface area (Å²) in [4.78, 5) is 14.1. The smallest absolute Gasteiger partial charge is 0.143 e. The van der Waals surface area contributed by atoms with Gasteiger partial charge in [0, 0.05) is 18.9 Å².